The average molecular weight is 417 g/mol. The highest BCUT2D eigenvalue weighted by atomic mass is 16.5. The summed E-state index contributed by atoms with van der Waals surface area (Å²) in [5.41, 5.74) is 1.78. The summed E-state index contributed by atoms with van der Waals surface area (Å²) in [5.74, 6) is -0.552. The molecule has 158 valence electrons. The van der Waals surface area contributed by atoms with E-state index in [2.05, 4.69) is 17.6 Å². The summed E-state index contributed by atoms with van der Waals surface area (Å²) < 4.78 is 8.27. The number of carbonyl (C=O) groups excluding carboxylic acids is 1. The maximum Gasteiger partial charge on any atom is 0.285 e. The van der Waals surface area contributed by atoms with E-state index in [9.17, 15) is 14.9 Å². The number of fused-ring (bicyclic) bond motifs is 2. The van der Waals surface area contributed by atoms with Crippen molar-refractivity contribution in [2.24, 2.45) is 4.99 Å². The van der Waals surface area contributed by atoms with Crippen LogP contribution in [0.15, 0.2) is 59.2 Å². The van der Waals surface area contributed by atoms with Gasteiger partial charge in [-0.05, 0) is 37.1 Å². The van der Waals surface area contributed by atoms with Gasteiger partial charge in [0.15, 0.2) is 12.1 Å². The molecule has 0 unspecified atom stereocenters. The Morgan fingerprint density at radius 1 is 1.42 bits per heavy atom. The van der Waals surface area contributed by atoms with Crippen molar-refractivity contribution >= 4 is 22.6 Å². The molecular formula is C23H23N5O3. The van der Waals surface area contributed by atoms with E-state index in [-0.39, 0.29) is 23.2 Å². The first-order chi connectivity index (χ1) is 15.0. The molecule has 0 aliphatic rings. The van der Waals surface area contributed by atoms with Crippen LogP contribution in [-0.2, 0) is 16.1 Å². The van der Waals surface area contributed by atoms with Gasteiger partial charge in [-0.25, -0.2) is 4.98 Å². The molecule has 0 radical (unpaired) electrons. The summed E-state index contributed by atoms with van der Waals surface area (Å²) in [6.07, 6.45) is 7.70. The third kappa shape index (κ3) is 4.46. The first-order valence-corrected chi connectivity index (χ1v) is 9.94. The minimum absolute atomic E-state index is 0.130. The van der Waals surface area contributed by atoms with Gasteiger partial charge in [0.2, 0.25) is 0 Å². The number of carbonyl (C=O) groups is 1. The van der Waals surface area contributed by atoms with Gasteiger partial charge in [0.25, 0.3) is 11.5 Å². The maximum absolute atomic E-state index is 13.1. The summed E-state index contributed by atoms with van der Waals surface area (Å²) in [7, 11) is 0. The van der Waals surface area contributed by atoms with Crippen LogP contribution in [0.3, 0.4) is 0 Å². The van der Waals surface area contributed by atoms with Crippen LogP contribution in [0.4, 0.5) is 0 Å². The lowest BCUT2D eigenvalue weighted by Crippen LogP contribution is -2.30. The average Bonchev–Trinajstić information content (AvgIpc) is 2.76. The molecule has 0 atom stereocenters. The molecule has 8 nitrogen and oxygen atoms in total. The monoisotopic (exact) mass is 417 g/mol. The molecule has 0 N–H and O–H groups in total. The van der Waals surface area contributed by atoms with E-state index in [1.54, 1.807) is 22.9 Å². The topological polar surface area (TPSA) is 102 Å². The molecule has 0 saturated heterocycles. The molecule has 1 amide bonds. The number of pyridine rings is 2. The van der Waals surface area contributed by atoms with E-state index in [0.29, 0.717) is 23.2 Å². The molecule has 0 spiro atoms. The number of hydrogen-bond acceptors (Lipinski definition) is 5. The number of nitriles is 1. The zero-order chi connectivity index (χ0) is 22.4. The van der Waals surface area contributed by atoms with Crippen LogP contribution in [0.2, 0.25) is 0 Å². The van der Waals surface area contributed by atoms with Crippen LogP contribution in [0.25, 0.3) is 16.7 Å². The van der Waals surface area contributed by atoms with Gasteiger partial charge in [-0.2, -0.15) is 10.3 Å². The Hall–Kier alpha value is -3.99. The van der Waals surface area contributed by atoms with E-state index < -0.39 is 5.91 Å². The third-order valence-electron chi connectivity index (χ3n) is 4.71. The van der Waals surface area contributed by atoms with Gasteiger partial charge in [-0.3, -0.25) is 14.0 Å². The fraction of sp³-hybridized carbons (Fsp3) is 0.261. The van der Waals surface area contributed by atoms with Crippen molar-refractivity contribution in [3.8, 4) is 6.07 Å². The van der Waals surface area contributed by atoms with E-state index in [4.69, 9.17) is 9.72 Å². The fourth-order valence-electron chi connectivity index (χ4n) is 3.20. The first kappa shape index (κ1) is 21.7. The summed E-state index contributed by atoms with van der Waals surface area (Å²) in [6.45, 7) is 7.60. The van der Waals surface area contributed by atoms with Gasteiger partial charge in [0.05, 0.1) is 17.2 Å². The van der Waals surface area contributed by atoms with Crippen molar-refractivity contribution in [1.82, 2.24) is 14.0 Å². The predicted octanol–water partition coefficient (Wildman–Crippen LogP) is 2.77. The Morgan fingerprint density at radius 3 is 2.94 bits per heavy atom. The smallest absolute Gasteiger partial charge is 0.285 e. The van der Waals surface area contributed by atoms with Crippen molar-refractivity contribution in [3.05, 3.63) is 76.4 Å². The van der Waals surface area contributed by atoms with E-state index in [0.717, 1.165) is 18.4 Å². The van der Waals surface area contributed by atoms with Gasteiger partial charge >= 0.3 is 0 Å². The molecule has 0 bridgehead atoms. The lowest BCUT2D eigenvalue weighted by atomic mass is 10.2. The van der Waals surface area contributed by atoms with E-state index in [1.165, 1.54) is 22.8 Å². The molecular weight excluding hydrogens is 394 g/mol. The number of hydrogen-bond donors (Lipinski definition) is 0. The summed E-state index contributed by atoms with van der Waals surface area (Å²) in [5, 5.41) is 10.0. The normalized spacial score (nSPS) is 11.8. The first-order valence-electron chi connectivity index (χ1n) is 9.94. The number of aromatic nitrogens is 3. The molecule has 3 rings (SSSR count). The Bertz CT molecular complexity index is 1360. The molecule has 0 fully saturated rings. The quantitative estimate of drug-likeness (QED) is 0.334. The molecule has 0 aliphatic heterocycles. The van der Waals surface area contributed by atoms with Crippen molar-refractivity contribution in [1.29, 1.82) is 5.26 Å². The van der Waals surface area contributed by atoms with Crippen LogP contribution in [0, 0.1) is 18.3 Å². The number of rotatable bonds is 7. The molecule has 8 heteroatoms. The number of unbranched alkanes of at least 4 members (excludes halogenated alkanes) is 1. The van der Waals surface area contributed by atoms with Crippen LogP contribution >= 0.6 is 0 Å². The lowest BCUT2D eigenvalue weighted by Gasteiger charge is -2.13. The lowest BCUT2D eigenvalue weighted by molar-refractivity contribution is -0.120. The molecule has 0 saturated carbocycles. The van der Waals surface area contributed by atoms with Crippen molar-refractivity contribution in [2.75, 3.05) is 6.61 Å². The molecule has 31 heavy (non-hydrogen) atoms. The molecule has 3 heterocycles. The second-order valence-corrected chi connectivity index (χ2v) is 6.92. The Kier molecular flexibility index (Phi) is 6.78. The van der Waals surface area contributed by atoms with Crippen molar-refractivity contribution in [2.45, 2.75) is 33.2 Å². The zero-order valence-corrected chi connectivity index (χ0v) is 17.5. The van der Waals surface area contributed by atoms with E-state index >= 15 is 0 Å². The SMILES string of the molecule is C=CC=COCC(=O)N=c1c(C#N)cc2c(=O)n3cccc(C)c3nc2n1CCCC. The predicted molar refractivity (Wildman–Crippen MR) is 117 cm³/mol. The van der Waals surface area contributed by atoms with Crippen molar-refractivity contribution < 1.29 is 9.53 Å². The maximum atomic E-state index is 13.1. The molecule has 0 aliphatic carbocycles. The number of ether oxygens (including phenoxy) is 1. The number of allylic oxidation sites excluding steroid dienone is 2. The Balaban J connectivity index is 2.32. The third-order valence-corrected chi connectivity index (χ3v) is 4.71. The Morgan fingerprint density at radius 2 is 2.23 bits per heavy atom. The van der Waals surface area contributed by atoms with Crippen LogP contribution < -0.4 is 11.0 Å². The Labute approximate surface area is 179 Å². The standard InChI is InChI=1S/C23H23N5O3/c1-4-6-10-27-21(25-19(29)15-31-12-7-5-2)17(14-24)13-18-22(27)26-20-16(3)9-8-11-28(20)23(18)30/h5,7-9,11-13H,2,4,6,10,15H2,1,3H3. The van der Waals surface area contributed by atoms with Gasteiger partial charge in [-0.15, -0.1) is 0 Å². The van der Waals surface area contributed by atoms with Crippen LogP contribution in [0.5, 0.6) is 0 Å². The molecule has 0 aromatic carbocycles. The summed E-state index contributed by atoms with van der Waals surface area (Å²) in [4.78, 5) is 34.4. The zero-order valence-electron chi connectivity index (χ0n) is 17.5. The summed E-state index contributed by atoms with van der Waals surface area (Å²) >= 11 is 0. The van der Waals surface area contributed by atoms with Gasteiger partial charge in [0.1, 0.15) is 17.4 Å². The van der Waals surface area contributed by atoms with Gasteiger partial charge < -0.3 is 9.30 Å². The van der Waals surface area contributed by atoms with Gasteiger partial charge in [0, 0.05) is 12.7 Å². The minimum atomic E-state index is -0.552. The molecule has 3 aromatic heterocycles. The highest BCUT2D eigenvalue weighted by Crippen LogP contribution is 2.13. The minimum Gasteiger partial charge on any atom is -0.491 e. The largest absolute Gasteiger partial charge is 0.491 e. The highest BCUT2D eigenvalue weighted by molar-refractivity contribution is 5.80. The molecule has 3 aromatic rings. The van der Waals surface area contributed by atoms with Gasteiger partial charge in [-0.1, -0.05) is 32.1 Å². The summed E-state index contributed by atoms with van der Waals surface area (Å²) in [6, 6.07) is 7.16. The number of nitrogens with zero attached hydrogens (tertiary/aromatic N) is 5. The second-order valence-electron chi connectivity index (χ2n) is 6.92. The van der Waals surface area contributed by atoms with E-state index in [1.807, 2.05) is 19.9 Å². The van der Waals surface area contributed by atoms with Crippen LogP contribution in [0.1, 0.15) is 30.9 Å². The van der Waals surface area contributed by atoms with Crippen molar-refractivity contribution in [3.63, 3.8) is 0 Å². The number of amides is 1. The number of aryl methyl sites for hydroxylation is 2. The fourth-order valence-corrected chi connectivity index (χ4v) is 3.20. The highest BCUT2D eigenvalue weighted by Gasteiger charge is 2.15. The van der Waals surface area contributed by atoms with Crippen LogP contribution in [-0.4, -0.2) is 26.5 Å². The second kappa shape index (κ2) is 9.67.